The van der Waals surface area contributed by atoms with E-state index in [2.05, 4.69) is 10.1 Å². The molecule has 1 atom stereocenters. The van der Waals surface area contributed by atoms with Gasteiger partial charge in [-0.15, -0.1) is 0 Å². The molecule has 2 amide bonds. The monoisotopic (exact) mass is 318 g/mol. The molecule has 22 heavy (non-hydrogen) atoms. The fourth-order valence-electron chi connectivity index (χ4n) is 1.73. The standard InChI is InChI=1S/C14H17F3N2O3/c1-3-10(8-12(20)19-13(21)22-2)18-11-6-4-9(5-7-11)14(15,16)17/h4-7,10,18H,3,8H2,1-2H3,(H,19,20,21)/t10-/m0/s1. The minimum atomic E-state index is -4.39. The Morgan fingerprint density at radius 1 is 1.23 bits per heavy atom. The van der Waals surface area contributed by atoms with Crippen molar-refractivity contribution in [3.8, 4) is 0 Å². The summed E-state index contributed by atoms with van der Waals surface area (Å²) in [6.07, 6.45) is -4.69. The van der Waals surface area contributed by atoms with Gasteiger partial charge in [-0.3, -0.25) is 10.1 Å². The van der Waals surface area contributed by atoms with Crippen LogP contribution in [-0.2, 0) is 15.7 Å². The first-order chi connectivity index (χ1) is 10.3. The third kappa shape index (κ3) is 5.63. The summed E-state index contributed by atoms with van der Waals surface area (Å²) in [6.45, 7) is 1.81. The number of imide groups is 1. The summed E-state index contributed by atoms with van der Waals surface area (Å²) in [5, 5.41) is 4.97. The molecule has 0 aliphatic heterocycles. The maximum atomic E-state index is 12.5. The lowest BCUT2D eigenvalue weighted by molar-refractivity contribution is -0.137. The van der Waals surface area contributed by atoms with Crippen molar-refractivity contribution in [3.05, 3.63) is 29.8 Å². The number of ether oxygens (including phenoxy) is 1. The molecule has 0 saturated heterocycles. The van der Waals surface area contributed by atoms with Gasteiger partial charge in [0.1, 0.15) is 0 Å². The second-order valence-electron chi connectivity index (χ2n) is 4.57. The van der Waals surface area contributed by atoms with Gasteiger partial charge in [0.2, 0.25) is 5.91 Å². The molecule has 0 unspecified atom stereocenters. The van der Waals surface area contributed by atoms with Crippen molar-refractivity contribution < 1.29 is 27.5 Å². The molecule has 0 aliphatic rings. The molecule has 0 aliphatic carbocycles. The van der Waals surface area contributed by atoms with Crippen molar-refractivity contribution in [2.45, 2.75) is 32.0 Å². The van der Waals surface area contributed by atoms with Crippen molar-refractivity contribution in [3.63, 3.8) is 0 Å². The van der Waals surface area contributed by atoms with Gasteiger partial charge in [0.05, 0.1) is 12.7 Å². The van der Waals surface area contributed by atoms with Gasteiger partial charge in [-0.1, -0.05) is 6.92 Å². The van der Waals surface area contributed by atoms with Gasteiger partial charge in [-0.2, -0.15) is 13.2 Å². The van der Waals surface area contributed by atoms with Gasteiger partial charge < -0.3 is 10.1 Å². The number of amides is 2. The SMILES string of the molecule is CC[C@@H](CC(=O)NC(=O)OC)Nc1ccc(C(F)(F)F)cc1. The van der Waals surface area contributed by atoms with E-state index in [0.29, 0.717) is 12.1 Å². The Morgan fingerprint density at radius 3 is 2.27 bits per heavy atom. The van der Waals surface area contributed by atoms with E-state index < -0.39 is 23.7 Å². The van der Waals surface area contributed by atoms with E-state index in [1.807, 2.05) is 12.2 Å². The van der Waals surface area contributed by atoms with Crippen LogP contribution in [0.1, 0.15) is 25.3 Å². The van der Waals surface area contributed by atoms with Gasteiger partial charge in [-0.05, 0) is 30.7 Å². The van der Waals surface area contributed by atoms with Crippen LogP contribution in [0.5, 0.6) is 0 Å². The van der Waals surface area contributed by atoms with Gasteiger partial charge in [0.15, 0.2) is 0 Å². The Balaban J connectivity index is 2.62. The Labute approximate surface area is 125 Å². The molecule has 0 radical (unpaired) electrons. The summed E-state index contributed by atoms with van der Waals surface area (Å²) in [6, 6.07) is 4.20. The molecule has 2 N–H and O–H groups in total. The molecular weight excluding hydrogens is 301 g/mol. The molecule has 0 spiro atoms. The molecule has 1 aromatic carbocycles. The zero-order chi connectivity index (χ0) is 16.8. The maximum Gasteiger partial charge on any atom is 0.416 e. The van der Waals surface area contributed by atoms with E-state index in [4.69, 9.17) is 0 Å². The van der Waals surface area contributed by atoms with Crippen molar-refractivity contribution in [1.82, 2.24) is 5.32 Å². The number of benzene rings is 1. The van der Waals surface area contributed by atoms with Crippen LogP contribution in [0.2, 0.25) is 0 Å². The first-order valence-electron chi connectivity index (χ1n) is 6.57. The maximum absolute atomic E-state index is 12.5. The summed E-state index contributed by atoms with van der Waals surface area (Å²) >= 11 is 0. The van der Waals surface area contributed by atoms with Crippen LogP contribution < -0.4 is 10.6 Å². The quantitative estimate of drug-likeness (QED) is 0.875. The fourth-order valence-corrected chi connectivity index (χ4v) is 1.73. The minimum absolute atomic E-state index is 0.00732. The smallest absolute Gasteiger partial charge is 0.416 e. The average molecular weight is 318 g/mol. The van der Waals surface area contributed by atoms with E-state index in [0.717, 1.165) is 19.2 Å². The number of alkyl halides is 3. The van der Waals surface area contributed by atoms with Crippen molar-refractivity contribution >= 4 is 17.7 Å². The van der Waals surface area contributed by atoms with Gasteiger partial charge in [0.25, 0.3) is 0 Å². The van der Waals surface area contributed by atoms with Crippen LogP contribution in [0.4, 0.5) is 23.7 Å². The zero-order valence-corrected chi connectivity index (χ0v) is 12.2. The summed E-state index contributed by atoms with van der Waals surface area (Å²) in [5.41, 5.74) is -0.278. The summed E-state index contributed by atoms with van der Waals surface area (Å²) in [4.78, 5) is 22.5. The Kier molecular flexibility index (Phi) is 6.21. The fraction of sp³-hybridized carbons (Fsp3) is 0.429. The van der Waals surface area contributed by atoms with E-state index in [-0.39, 0.29) is 12.5 Å². The Bertz CT molecular complexity index is 515. The van der Waals surface area contributed by atoms with E-state index in [9.17, 15) is 22.8 Å². The topological polar surface area (TPSA) is 67.4 Å². The van der Waals surface area contributed by atoms with Crippen LogP contribution in [0, 0.1) is 0 Å². The van der Waals surface area contributed by atoms with Gasteiger partial charge in [-0.25, -0.2) is 4.79 Å². The molecule has 1 aromatic rings. The van der Waals surface area contributed by atoms with Crippen LogP contribution in [-0.4, -0.2) is 25.2 Å². The third-order valence-corrected chi connectivity index (χ3v) is 2.93. The number of carbonyl (C=O) groups is 2. The van der Waals surface area contributed by atoms with E-state index >= 15 is 0 Å². The number of halogens is 3. The first-order valence-corrected chi connectivity index (χ1v) is 6.57. The lowest BCUT2D eigenvalue weighted by Crippen LogP contribution is -2.34. The van der Waals surface area contributed by atoms with Gasteiger partial charge >= 0.3 is 12.3 Å². The first kappa shape index (κ1) is 17.8. The molecule has 1 rings (SSSR count). The minimum Gasteiger partial charge on any atom is -0.453 e. The number of carbonyl (C=O) groups excluding carboxylic acids is 2. The largest absolute Gasteiger partial charge is 0.453 e. The third-order valence-electron chi connectivity index (χ3n) is 2.93. The lowest BCUT2D eigenvalue weighted by Gasteiger charge is -2.18. The number of alkyl carbamates (subject to hydrolysis) is 1. The molecule has 0 fully saturated rings. The lowest BCUT2D eigenvalue weighted by atomic mass is 10.1. The number of methoxy groups -OCH3 is 1. The molecule has 0 aromatic heterocycles. The summed E-state index contributed by atoms with van der Waals surface area (Å²) in [7, 11) is 1.14. The predicted molar refractivity (Wildman–Crippen MR) is 74.3 cm³/mol. The number of hydrogen-bond acceptors (Lipinski definition) is 4. The number of anilines is 1. The highest BCUT2D eigenvalue weighted by Crippen LogP contribution is 2.30. The number of nitrogens with one attached hydrogen (secondary N) is 2. The van der Waals surface area contributed by atoms with Crippen LogP contribution in [0.25, 0.3) is 0 Å². The molecule has 8 heteroatoms. The number of hydrogen-bond donors (Lipinski definition) is 2. The van der Waals surface area contributed by atoms with Crippen LogP contribution >= 0.6 is 0 Å². The van der Waals surface area contributed by atoms with Crippen molar-refractivity contribution in [2.24, 2.45) is 0 Å². The summed E-state index contributed by atoms with van der Waals surface area (Å²) < 4.78 is 41.7. The van der Waals surface area contributed by atoms with Crippen LogP contribution in [0.15, 0.2) is 24.3 Å². The predicted octanol–water partition coefficient (Wildman–Crippen LogP) is 3.17. The molecular formula is C14H17F3N2O3. The van der Waals surface area contributed by atoms with Crippen molar-refractivity contribution in [1.29, 1.82) is 0 Å². The molecule has 122 valence electrons. The normalized spacial score (nSPS) is 12.4. The molecule has 0 bridgehead atoms. The van der Waals surface area contributed by atoms with Crippen LogP contribution in [0.3, 0.4) is 0 Å². The number of rotatable bonds is 5. The van der Waals surface area contributed by atoms with Crippen molar-refractivity contribution in [2.75, 3.05) is 12.4 Å². The molecule has 0 saturated carbocycles. The zero-order valence-electron chi connectivity index (χ0n) is 12.2. The van der Waals surface area contributed by atoms with E-state index in [1.54, 1.807) is 0 Å². The average Bonchev–Trinajstić information content (AvgIpc) is 2.45. The molecule has 5 nitrogen and oxygen atoms in total. The Hall–Kier alpha value is -2.25. The second kappa shape index (κ2) is 7.67. The highest BCUT2D eigenvalue weighted by molar-refractivity contribution is 5.92. The second-order valence-corrected chi connectivity index (χ2v) is 4.57. The highest BCUT2D eigenvalue weighted by Gasteiger charge is 2.30. The highest BCUT2D eigenvalue weighted by atomic mass is 19.4. The Morgan fingerprint density at radius 2 is 1.82 bits per heavy atom. The summed E-state index contributed by atoms with van der Waals surface area (Å²) in [5.74, 6) is -0.530. The molecule has 0 heterocycles. The van der Waals surface area contributed by atoms with E-state index in [1.165, 1.54) is 12.1 Å². The van der Waals surface area contributed by atoms with Gasteiger partial charge in [0, 0.05) is 18.2 Å².